The average Bonchev–Trinajstić information content (AvgIpc) is 2.83. The minimum atomic E-state index is -0.743. The third-order valence-corrected chi connectivity index (χ3v) is 4.52. The van der Waals surface area contributed by atoms with Crippen LogP contribution in [0, 0.1) is 0 Å². The first-order valence-corrected chi connectivity index (χ1v) is 7.42. The molecule has 2 aliphatic heterocycles. The van der Waals surface area contributed by atoms with Crippen LogP contribution in [-0.4, -0.2) is 84.7 Å². The van der Waals surface area contributed by atoms with Gasteiger partial charge in [-0.05, 0) is 26.8 Å². The molecule has 7 nitrogen and oxygen atoms in total. The van der Waals surface area contributed by atoms with Crippen LogP contribution in [0.15, 0.2) is 0 Å². The normalized spacial score (nSPS) is 31.0. The summed E-state index contributed by atoms with van der Waals surface area (Å²) in [5.41, 5.74) is -0.391. The van der Waals surface area contributed by atoms with Crippen LogP contribution in [-0.2, 0) is 9.59 Å². The molecule has 2 amide bonds. The number of hydrogen-bond donors (Lipinski definition) is 3. The summed E-state index contributed by atoms with van der Waals surface area (Å²) < 4.78 is 0. The van der Waals surface area contributed by atoms with E-state index in [1.165, 1.54) is 4.90 Å². The highest BCUT2D eigenvalue weighted by Gasteiger charge is 2.51. The number of nitrogens with zero attached hydrogens (tertiary/aromatic N) is 2. The van der Waals surface area contributed by atoms with E-state index in [9.17, 15) is 14.7 Å². The lowest BCUT2D eigenvalue weighted by Crippen LogP contribution is -2.71. The number of amides is 2. The molecule has 2 aliphatic rings. The Morgan fingerprint density at radius 3 is 2.52 bits per heavy atom. The second-order valence-electron chi connectivity index (χ2n) is 6.50. The molecule has 0 aliphatic carbocycles. The van der Waals surface area contributed by atoms with E-state index in [-0.39, 0.29) is 17.9 Å². The molecule has 7 heteroatoms. The van der Waals surface area contributed by atoms with Crippen LogP contribution in [0.3, 0.4) is 0 Å². The van der Waals surface area contributed by atoms with E-state index in [4.69, 9.17) is 0 Å². The van der Waals surface area contributed by atoms with Gasteiger partial charge in [0.05, 0.1) is 6.10 Å². The lowest BCUT2D eigenvalue weighted by atomic mass is 9.90. The zero-order chi connectivity index (χ0) is 15.8. The van der Waals surface area contributed by atoms with Gasteiger partial charge in [0.15, 0.2) is 0 Å². The molecule has 2 fully saturated rings. The van der Waals surface area contributed by atoms with Crippen LogP contribution in [0.2, 0.25) is 0 Å². The van der Waals surface area contributed by atoms with Crippen molar-refractivity contribution in [2.75, 3.05) is 34.2 Å². The van der Waals surface area contributed by atoms with E-state index < -0.39 is 17.7 Å². The van der Waals surface area contributed by atoms with Crippen molar-refractivity contribution >= 4 is 11.8 Å². The Hall–Kier alpha value is -1.18. The molecule has 2 heterocycles. The average molecular weight is 298 g/mol. The zero-order valence-corrected chi connectivity index (χ0v) is 13.2. The predicted octanol–water partition coefficient (Wildman–Crippen LogP) is -1.62. The molecule has 0 bridgehead atoms. The van der Waals surface area contributed by atoms with E-state index in [0.717, 1.165) is 12.8 Å². The summed E-state index contributed by atoms with van der Waals surface area (Å²) in [5.74, 6) is -0.0364. The molecule has 21 heavy (non-hydrogen) atoms. The van der Waals surface area contributed by atoms with Crippen molar-refractivity contribution in [3.8, 4) is 0 Å². The first-order chi connectivity index (χ1) is 9.77. The van der Waals surface area contributed by atoms with E-state index in [1.807, 2.05) is 11.9 Å². The largest absolute Gasteiger partial charge is 0.391 e. The molecule has 1 spiro atoms. The molecule has 0 aromatic heterocycles. The Morgan fingerprint density at radius 1 is 1.48 bits per heavy atom. The highest BCUT2D eigenvalue weighted by molar-refractivity contribution is 5.93. The van der Waals surface area contributed by atoms with Gasteiger partial charge in [-0.15, -0.1) is 0 Å². The standard InChI is InChI=1S/C14H26N4O3/c1-9(19)11(12(20)17(2)3)18(4)7-10-5-6-14(16-10)8-15-13(14)21/h9-11,16,19H,5-8H2,1-4H3,(H,15,21)/t9-,10?,11+,14?/m1/s1. The molecule has 0 aromatic carbocycles. The third kappa shape index (κ3) is 3.04. The summed E-state index contributed by atoms with van der Waals surface area (Å²) in [4.78, 5) is 27.2. The molecule has 120 valence electrons. The molecular formula is C14H26N4O3. The first-order valence-electron chi connectivity index (χ1n) is 7.42. The topological polar surface area (TPSA) is 84.9 Å². The van der Waals surface area contributed by atoms with Gasteiger partial charge in [0.25, 0.3) is 0 Å². The molecule has 2 rings (SSSR count). The highest BCUT2D eigenvalue weighted by Crippen LogP contribution is 2.28. The first kappa shape index (κ1) is 16.2. The molecule has 2 unspecified atom stereocenters. The number of rotatable bonds is 5. The van der Waals surface area contributed by atoms with Gasteiger partial charge >= 0.3 is 0 Å². The van der Waals surface area contributed by atoms with Crippen LogP contribution >= 0.6 is 0 Å². The van der Waals surface area contributed by atoms with Crippen LogP contribution < -0.4 is 10.6 Å². The highest BCUT2D eigenvalue weighted by atomic mass is 16.3. The molecule has 0 aromatic rings. The van der Waals surface area contributed by atoms with Crippen molar-refractivity contribution < 1.29 is 14.7 Å². The predicted molar refractivity (Wildman–Crippen MR) is 78.7 cm³/mol. The van der Waals surface area contributed by atoms with Gasteiger partial charge in [0, 0.05) is 33.2 Å². The number of carbonyl (C=O) groups excluding carboxylic acids is 2. The van der Waals surface area contributed by atoms with Crippen molar-refractivity contribution in [1.82, 2.24) is 20.4 Å². The van der Waals surface area contributed by atoms with E-state index in [0.29, 0.717) is 13.1 Å². The maximum Gasteiger partial charge on any atom is 0.242 e. The fourth-order valence-electron chi connectivity index (χ4n) is 3.27. The number of likely N-dealkylation sites (N-methyl/N-ethyl adjacent to an activating group) is 2. The summed E-state index contributed by atoms with van der Waals surface area (Å²) in [7, 11) is 5.21. The van der Waals surface area contributed by atoms with Gasteiger partial charge < -0.3 is 15.3 Å². The Kier molecular flexibility index (Phi) is 4.55. The van der Waals surface area contributed by atoms with Crippen molar-refractivity contribution in [3.05, 3.63) is 0 Å². The van der Waals surface area contributed by atoms with Crippen molar-refractivity contribution in [1.29, 1.82) is 0 Å². The maximum atomic E-state index is 12.2. The van der Waals surface area contributed by atoms with Gasteiger partial charge in [-0.1, -0.05) is 0 Å². The number of aliphatic hydroxyl groups is 1. The summed E-state index contributed by atoms with van der Waals surface area (Å²) in [5, 5.41) is 16.1. The number of carbonyl (C=O) groups is 2. The summed E-state index contributed by atoms with van der Waals surface area (Å²) in [6, 6.07) is -0.397. The Morgan fingerprint density at radius 2 is 2.14 bits per heavy atom. The Balaban J connectivity index is 1.95. The smallest absolute Gasteiger partial charge is 0.242 e. The van der Waals surface area contributed by atoms with E-state index in [1.54, 1.807) is 21.0 Å². The van der Waals surface area contributed by atoms with Crippen LogP contribution in [0.5, 0.6) is 0 Å². The Bertz CT molecular complexity index is 426. The Labute approximate surface area is 125 Å². The molecular weight excluding hydrogens is 272 g/mol. The van der Waals surface area contributed by atoms with Gasteiger partial charge in [0.1, 0.15) is 11.6 Å². The van der Waals surface area contributed by atoms with Gasteiger partial charge in [-0.25, -0.2) is 0 Å². The number of hydrogen-bond acceptors (Lipinski definition) is 5. The van der Waals surface area contributed by atoms with E-state index in [2.05, 4.69) is 10.6 Å². The van der Waals surface area contributed by atoms with Crippen molar-refractivity contribution in [3.63, 3.8) is 0 Å². The molecule has 0 radical (unpaired) electrons. The lowest BCUT2D eigenvalue weighted by molar-refractivity contribution is -0.138. The molecule has 2 saturated heterocycles. The second-order valence-corrected chi connectivity index (χ2v) is 6.50. The minimum absolute atomic E-state index is 0.0732. The molecule has 0 saturated carbocycles. The summed E-state index contributed by atoms with van der Waals surface area (Å²) >= 11 is 0. The number of aliphatic hydroxyl groups excluding tert-OH is 1. The zero-order valence-electron chi connectivity index (χ0n) is 13.2. The fraction of sp³-hybridized carbons (Fsp3) is 0.857. The van der Waals surface area contributed by atoms with Crippen molar-refractivity contribution in [2.24, 2.45) is 0 Å². The monoisotopic (exact) mass is 298 g/mol. The van der Waals surface area contributed by atoms with Gasteiger partial charge in [0.2, 0.25) is 11.8 Å². The molecule has 4 atom stereocenters. The molecule has 3 N–H and O–H groups in total. The third-order valence-electron chi connectivity index (χ3n) is 4.52. The fourth-order valence-corrected chi connectivity index (χ4v) is 3.27. The lowest BCUT2D eigenvalue weighted by Gasteiger charge is -2.39. The number of nitrogens with one attached hydrogen (secondary N) is 2. The van der Waals surface area contributed by atoms with Crippen molar-refractivity contribution in [2.45, 2.75) is 43.5 Å². The van der Waals surface area contributed by atoms with Crippen LogP contribution in [0.4, 0.5) is 0 Å². The van der Waals surface area contributed by atoms with Gasteiger partial charge in [-0.2, -0.15) is 0 Å². The van der Waals surface area contributed by atoms with Crippen LogP contribution in [0.25, 0.3) is 0 Å². The SMILES string of the molecule is C[C@@H](O)[C@@H](C(=O)N(C)C)N(C)CC1CCC2(CNC2=O)N1. The van der Waals surface area contributed by atoms with Gasteiger partial charge in [-0.3, -0.25) is 19.8 Å². The maximum absolute atomic E-state index is 12.2. The quantitative estimate of drug-likeness (QED) is 0.531. The van der Waals surface area contributed by atoms with Crippen LogP contribution in [0.1, 0.15) is 19.8 Å². The summed E-state index contributed by atoms with van der Waals surface area (Å²) in [6.07, 6.45) is 0.992. The minimum Gasteiger partial charge on any atom is -0.391 e. The summed E-state index contributed by atoms with van der Waals surface area (Å²) in [6.45, 7) is 2.94. The second kappa shape index (κ2) is 5.90. The van der Waals surface area contributed by atoms with E-state index >= 15 is 0 Å². The number of β-lactam (4-membered cyclic amide) rings is 1.